The fourth-order valence-electron chi connectivity index (χ4n) is 3.30. The van der Waals surface area contributed by atoms with Gasteiger partial charge in [0.2, 0.25) is 0 Å². The van der Waals surface area contributed by atoms with Gasteiger partial charge in [0.25, 0.3) is 0 Å². The molecule has 0 atom stereocenters. The van der Waals surface area contributed by atoms with Crippen molar-refractivity contribution in [2.24, 2.45) is 0 Å². The molecular weight excluding hydrogens is 368 g/mol. The first-order chi connectivity index (χ1) is 14.1. The number of amides is 2. The van der Waals surface area contributed by atoms with Crippen LogP contribution in [0.3, 0.4) is 0 Å². The Labute approximate surface area is 170 Å². The number of benzene rings is 2. The highest BCUT2D eigenvalue weighted by Crippen LogP contribution is 2.17. The van der Waals surface area contributed by atoms with Crippen molar-refractivity contribution in [1.82, 2.24) is 10.2 Å². The monoisotopic (exact) mass is 394 g/mol. The molecule has 1 fully saturated rings. The number of aliphatic hydroxyl groups is 1. The fraction of sp³-hybridized carbons (Fsp3) is 0.364. The maximum Gasteiger partial charge on any atom is 0.319 e. The predicted molar refractivity (Wildman–Crippen MR) is 110 cm³/mol. The Bertz CT molecular complexity index is 840. The molecule has 0 unspecified atom stereocenters. The number of carbonyl (C=O) groups is 1. The van der Waals surface area contributed by atoms with Crippen LogP contribution in [0.1, 0.15) is 24.0 Å². The molecule has 2 amide bonds. The Morgan fingerprint density at radius 3 is 2.52 bits per heavy atom. The highest BCUT2D eigenvalue weighted by Gasteiger charge is 2.17. The zero-order valence-electron chi connectivity index (χ0n) is 16.3. The van der Waals surface area contributed by atoms with Crippen molar-refractivity contribution < 1.29 is 14.6 Å². The van der Waals surface area contributed by atoms with Gasteiger partial charge in [-0.15, -0.1) is 0 Å². The van der Waals surface area contributed by atoms with Gasteiger partial charge in [-0.2, -0.15) is 5.26 Å². The standard InChI is InChI=1S/C22H26N4O3/c23-11-14-29-21-7-5-19(6-8-21)25-22(28)24-15-17-3-1-2-4-18(17)16-26-12-9-20(27)10-13-26/h1-8,20,27H,9-10,12-16H2,(H2,24,25,28). The van der Waals surface area contributed by atoms with Crippen LogP contribution in [0.25, 0.3) is 0 Å². The zero-order chi connectivity index (χ0) is 20.5. The summed E-state index contributed by atoms with van der Waals surface area (Å²) in [6.45, 7) is 3.01. The van der Waals surface area contributed by atoms with Gasteiger partial charge in [0.15, 0.2) is 6.61 Å². The minimum atomic E-state index is -0.286. The summed E-state index contributed by atoms with van der Waals surface area (Å²) in [6.07, 6.45) is 1.44. The van der Waals surface area contributed by atoms with Crippen LogP contribution in [-0.4, -0.2) is 41.8 Å². The third-order valence-corrected chi connectivity index (χ3v) is 4.92. The van der Waals surface area contributed by atoms with E-state index in [4.69, 9.17) is 10.00 Å². The minimum Gasteiger partial charge on any atom is -0.479 e. The van der Waals surface area contributed by atoms with Gasteiger partial charge in [0.05, 0.1) is 6.10 Å². The summed E-state index contributed by atoms with van der Waals surface area (Å²) in [5.74, 6) is 0.580. The topological polar surface area (TPSA) is 97.6 Å². The summed E-state index contributed by atoms with van der Waals surface area (Å²) in [4.78, 5) is 14.6. The maximum atomic E-state index is 12.2. The molecule has 0 saturated carbocycles. The van der Waals surface area contributed by atoms with Gasteiger partial charge in [-0.25, -0.2) is 4.79 Å². The number of piperidine rings is 1. The molecule has 0 radical (unpaired) electrons. The molecule has 0 aromatic heterocycles. The second kappa shape index (κ2) is 10.5. The van der Waals surface area contributed by atoms with Gasteiger partial charge in [-0.3, -0.25) is 4.90 Å². The molecule has 0 bridgehead atoms. The van der Waals surface area contributed by atoms with Crippen molar-refractivity contribution in [3.05, 3.63) is 59.7 Å². The summed E-state index contributed by atoms with van der Waals surface area (Å²) in [7, 11) is 0. The van der Waals surface area contributed by atoms with Crippen LogP contribution in [0, 0.1) is 11.3 Å². The van der Waals surface area contributed by atoms with Crippen molar-refractivity contribution in [2.45, 2.75) is 32.0 Å². The average molecular weight is 394 g/mol. The summed E-state index contributed by atoms with van der Waals surface area (Å²) in [5.41, 5.74) is 2.91. The third kappa shape index (κ3) is 6.49. The average Bonchev–Trinajstić information content (AvgIpc) is 2.74. The number of aliphatic hydroxyl groups excluding tert-OH is 1. The van der Waals surface area contributed by atoms with E-state index >= 15 is 0 Å². The van der Waals surface area contributed by atoms with Crippen LogP contribution < -0.4 is 15.4 Å². The first-order valence-corrected chi connectivity index (χ1v) is 9.76. The lowest BCUT2D eigenvalue weighted by Gasteiger charge is -2.30. The quantitative estimate of drug-likeness (QED) is 0.671. The third-order valence-electron chi connectivity index (χ3n) is 4.92. The first-order valence-electron chi connectivity index (χ1n) is 9.76. The predicted octanol–water partition coefficient (Wildman–Crippen LogP) is 2.87. The molecule has 2 aromatic rings. The van der Waals surface area contributed by atoms with Crippen LogP contribution in [0.4, 0.5) is 10.5 Å². The van der Waals surface area contributed by atoms with E-state index in [1.54, 1.807) is 24.3 Å². The van der Waals surface area contributed by atoms with Gasteiger partial charge in [0, 0.05) is 31.9 Å². The molecule has 7 heteroatoms. The number of anilines is 1. The number of rotatable bonds is 7. The van der Waals surface area contributed by atoms with Crippen LogP contribution in [0.2, 0.25) is 0 Å². The van der Waals surface area contributed by atoms with E-state index in [9.17, 15) is 9.90 Å². The molecule has 3 N–H and O–H groups in total. The molecule has 2 aromatic carbocycles. The SMILES string of the molecule is N#CCOc1ccc(NC(=O)NCc2ccccc2CN2CCC(O)CC2)cc1. The van der Waals surface area contributed by atoms with Gasteiger partial charge in [-0.05, 0) is 48.2 Å². The largest absolute Gasteiger partial charge is 0.479 e. The summed E-state index contributed by atoms with van der Waals surface area (Å²) in [6, 6.07) is 16.6. The molecule has 1 heterocycles. The van der Waals surface area contributed by atoms with Gasteiger partial charge in [-0.1, -0.05) is 24.3 Å². The Morgan fingerprint density at radius 2 is 1.83 bits per heavy atom. The molecule has 3 rings (SSSR count). The molecular formula is C22H26N4O3. The minimum absolute atomic E-state index is 0.00925. The number of urea groups is 1. The zero-order valence-corrected chi connectivity index (χ0v) is 16.3. The van der Waals surface area contributed by atoms with Crippen molar-refractivity contribution in [3.63, 3.8) is 0 Å². The number of nitrogens with one attached hydrogen (secondary N) is 2. The van der Waals surface area contributed by atoms with Crippen molar-refractivity contribution >= 4 is 11.7 Å². The van der Waals surface area contributed by atoms with Crippen LogP contribution in [0.15, 0.2) is 48.5 Å². The van der Waals surface area contributed by atoms with Crippen LogP contribution in [-0.2, 0) is 13.1 Å². The summed E-state index contributed by atoms with van der Waals surface area (Å²) in [5, 5.41) is 23.9. The van der Waals surface area contributed by atoms with E-state index in [-0.39, 0.29) is 18.7 Å². The number of hydrogen-bond acceptors (Lipinski definition) is 5. The number of hydrogen-bond donors (Lipinski definition) is 3. The van der Waals surface area contributed by atoms with E-state index in [0.717, 1.165) is 38.0 Å². The molecule has 0 aliphatic carbocycles. The van der Waals surface area contributed by atoms with Gasteiger partial charge < -0.3 is 20.5 Å². The Kier molecular flexibility index (Phi) is 7.45. The number of ether oxygens (including phenoxy) is 1. The second-order valence-electron chi connectivity index (χ2n) is 7.05. The van der Waals surface area contributed by atoms with E-state index < -0.39 is 0 Å². The van der Waals surface area contributed by atoms with Gasteiger partial charge in [0.1, 0.15) is 11.8 Å². The number of nitriles is 1. The number of carbonyl (C=O) groups excluding carboxylic acids is 1. The maximum absolute atomic E-state index is 12.2. The smallest absolute Gasteiger partial charge is 0.319 e. The van der Waals surface area contributed by atoms with Gasteiger partial charge >= 0.3 is 6.03 Å². The molecule has 0 spiro atoms. The molecule has 7 nitrogen and oxygen atoms in total. The molecule has 1 saturated heterocycles. The van der Waals surface area contributed by atoms with Crippen LogP contribution in [0.5, 0.6) is 5.75 Å². The molecule has 152 valence electrons. The molecule has 29 heavy (non-hydrogen) atoms. The van der Waals surface area contributed by atoms with Crippen molar-refractivity contribution in [3.8, 4) is 11.8 Å². The lowest BCUT2D eigenvalue weighted by molar-refractivity contribution is 0.0791. The fourth-order valence-corrected chi connectivity index (χ4v) is 3.30. The summed E-state index contributed by atoms with van der Waals surface area (Å²) < 4.78 is 5.19. The van der Waals surface area contributed by atoms with E-state index in [1.807, 2.05) is 24.3 Å². The number of likely N-dealkylation sites (tertiary alicyclic amines) is 1. The second-order valence-corrected chi connectivity index (χ2v) is 7.05. The highest BCUT2D eigenvalue weighted by molar-refractivity contribution is 5.89. The normalized spacial score (nSPS) is 14.8. The van der Waals surface area contributed by atoms with Crippen molar-refractivity contribution in [1.29, 1.82) is 5.26 Å². The number of nitrogens with zero attached hydrogens (tertiary/aromatic N) is 2. The first kappa shape index (κ1) is 20.6. The summed E-state index contributed by atoms with van der Waals surface area (Å²) >= 11 is 0. The van der Waals surface area contributed by atoms with E-state index in [1.165, 1.54) is 5.56 Å². The molecule has 1 aliphatic heterocycles. The Morgan fingerprint density at radius 1 is 1.14 bits per heavy atom. The Balaban J connectivity index is 1.50. The van der Waals surface area contributed by atoms with Crippen molar-refractivity contribution in [2.75, 3.05) is 25.0 Å². The van der Waals surface area contributed by atoms with Crippen LogP contribution >= 0.6 is 0 Å². The van der Waals surface area contributed by atoms with E-state index in [0.29, 0.717) is 18.0 Å². The lowest BCUT2D eigenvalue weighted by atomic mass is 10.0. The lowest BCUT2D eigenvalue weighted by Crippen LogP contribution is -2.35. The Hall–Kier alpha value is -3.08. The molecule has 1 aliphatic rings. The van der Waals surface area contributed by atoms with E-state index in [2.05, 4.69) is 21.6 Å². The highest BCUT2D eigenvalue weighted by atomic mass is 16.5.